The number of benzene rings is 4. The Bertz CT molecular complexity index is 1040. The molecule has 1 amide bonds. The summed E-state index contributed by atoms with van der Waals surface area (Å²) in [5.41, 5.74) is 3.88. The molecular formula is C27H25NO2. The van der Waals surface area contributed by atoms with Gasteiger partial charge < -0.3 is 10.1 Å². The van der Waals surface area contributed by atoms with Crippen molar-refractivity contribution in [2.24, 2.45) is 0 Å². The summed E-state index contributed by atoms with van der Waals surface area (Å²) >= 11 is 0. The Kier molecular flexibility index (Phi) is 7.39. The monoisotopic (exact) mass is 395 g/mol. The molecule has 3 nitrogen and oxygen atoms in total. The van der Waals surface area contributed by atoms with Crippen LogP contribution in [0.4, 0.5) is 5.69 Å². The highest BCUT2D eigenvalue weighted by atomic mass is 16.5. The molecule has 150 valence electrons. The summed E-state index contributed by atoms with van der Waals surface area (Å²) in [6.45, 7) is 4.06. The minimum absolute atomic E-state index is 0.0776. The van der Waals surface area contributed by atoms with Crippen molar-refractivity contribution in [3.63, 3.8) is 0 Å². The molecule has 0 unspecified atom stereocenters. The summed E-state index contributed by atoms with van der Waals surface area (Å²) in [6, 6.07) is 34.8. The standard InChI is InChI=1S/C14H13NO.C13H12O/c1-11-7-9-12(10-8-11)14(16)15-13-5-3-2-4-6-13;1-11-7-9-13(10-8-11)14-12-5-3-2-4-6-12/h2-10H,1H3,(H,15,16);2-10H,1H3. The van der Waals surface area contributed by atoms with Crippen molar-refractivity contribution in [1.29, 1.82) is 0 Å². The molecular weight excluding hydrogens is 370 g/mol. The van der Waals surface area contributed by atoms with E-state index >= 15 is 0 Å². The minimum atomic E-state index is -0.0776. The number of anilines is 1. The van der Waals surface area contributed by atoms with E-state index in [2.05, 4.69) is 12.2 Å². The van der Waals surface area contributed by atoms with Crippen molar-refractivity contribution in [3.05, 3.63) is 126 Å². The van der Waals surface area contributed by atoms with E-state index in [1.54, 1.807) is 0 Å². The van der Waals surface area contributed by atoms with Crippen LogP contribution in [0, 0.1) is 13.8 Å². The molecule has 1 N–H and O–H groups in total. The third-order valence-electron chi connectivity index (χ3n) is 4.35. The minimum Gasteiger partial charge on any atom is -0.457 e. The van der Waals surface area contributed by atoms with Crippen molar-refractivity contribution in [2.45, 2.75) is 13.8 Å². The summed E-state index contributed by atoms with van der Waals surface area (Å²) in [4.78, 5) is 11.8. The van der Waals surface area contributed by atoms with Gasteiger partial charge in [-0.3, -0.25) is 4.79 Å². The maximum Gasteiger partial charge on any atom is 0.255 e. The SMILES string of the molecule is Cc1ccc(C(=O)Nc2ccccc2)cc1.Cc1ccc(Oc2ccccc2)cc1. The van der Waals surface area contributed by atoms with E-state index in [1.165, 1.54) is 5.56 Å². The van der Waals surface area contributed by atoms with Crippen LogP contribution in [-0.2, 0) is 0 Å². The number of carbonyl (C=O) groups is 1. The molecule has 4 aromatic rings. The highest BCUT2D eigenvalue weighted by molar-refractivity contribution is 6.04. The molecule has 0 fully saturated rings. The van der Waals surface area contributed by atoms with Gasteiger partial charge >= 0.3 is 0 Å². The smallest absolute Gasteiger partial charge is 0.255 e. The summed E-state index contributed by atoms with van der Waals surface area (Å²) < 4.78 is 5.63. The molecule has 3 heteroatoms. The van der Waals surface area contributed by atoms with Crippen LogP contribution in [0.25, 0.3) is 0 Å². The van der Waals surface area contributed by atoms with Crippen LogP contribution in [0.5, 0.6) is 11.5 Å². The number of hydrogen-bond acceptors (Lipinski definition) is 2. The molecule has 0 aliphatic heterocycles. The van der Waals surface area contributed by atoms with Gasteiger partial charge in [0, 0.05) is 11.3 Å². The fourth-order valence-electron chi connectivity index (χ4n) is 2.66. The Morgan fingerprint density at radius 1 is 0.600 bits per heavy atom. The van der Waals surface area contributed by atoms with Crippen LogP contribution in [0.15, 0.2) is 109 Å². The first kappa shape index (κ1) is 20.9. The molecule has 0 atom stereocenters. The van der Waals surface area contributed by atoms with Crippen LogP contribution in [0.3, 0.4) is 0 Å². The molecule has 0 saturated heterocycles. The summed E-state index contributed by atoms with van der Waals surface area (Å²) in [6.07, 6.45) is 0. The summed E-state index contributed by atoms with van der Waals surface area (Å²) in [5, 5.41) is 2.84. The molecule has 4 aromatic carbocycles. The van der Waals surface area contributed by atoms with Crippen LogP contribution in [0.2, 0.25) is 0 Å². The molecule has 0 spiro atoms. The zero-order chi connectivity index (χ0) is 21.2. The van der Waals surface area contributed by atoms with Gasteiger partial charge in [0.25, 0.3) is 5.91 Å². The topological polar surface area (TPSA) is 38.3 Å². The van der Waals surface area contributed by atoms with E-state index in [0.29, 0.717) is 5.56 Å². The lowest BCUT2D eigenvalue weighted by Crippen LogP contribution is -2.11. The molecule has 0 heterocycles. The van der Waals surface area contributed by atoms with E-state index in [4.69, 9.17) is 4.74 Å². The number of carbonyl (C=O) groups excluding carboxylic acids is 1. The lowest BCUT2D eigenvalue weighted by molar-refractivity contribution is 0.102. The van der Waals surface area contributed by atoms with Crippen molar-refractivity contribution >= 4 is 11.6 Å². The van der Waals surface area contributed by atoms with Crippen molar-refractivity contribution < 1.29 is 9.53 Å². The third-order valence-corrected chi connectivity index (χ3v) is 4.35. The molecule has 0 aromatic heterocycles. The van der Waals surface area contributed by atoms with E-state index in [-0.39, 0.29) is 5.91 Å². The predicted molar refractivity (Wildman–Crippen MR) is 123 cm³/mol. The van der Waals surface area contributed by atoms with Crippen molar-refractivity contribution in [1.82, 2.24) is 0 Å². The molecule has 0 bridgehead atoms. The number of aryl methyl sites for hydroxylation is 2. The van der Waals surface area contributed by atoms with Gasteiger partial charge in [0.1, 0.15) is 11.5 Å². The second kappa shape index (κ2) is 10.6. The molecule has 0 saturated carbocycles. The maximum atomic E-state index is 11.8. The summed E-state index contributed by atoms with van der Waals surface area (Å²) in [5.74, 6) is 1.67. The molecule has 4 rings (SSSR count). The number of rotatable bonds is 4. The number of amides is 1. The van der Waals surface area contributed by atoms with Gasteiger partial charge in [-0.05, 0) is 62.4 Å². The van der Waals surface area contributed by atoms with Gasteiger partial charge in [-0.2, -0.15) is 0 Å². The van der Waals surface area contributed by atoms with Gasteiger partial charge in [0.15, 0.2) is 0 Å². The second-order valence-corrected chi connectivity index (χ2v) is 6.91. The zero-order valence-corrected chi connectivity index (χ0v) is 17.2. The Hall–Kier alpha value is -3.85. The quantitative estimate of drug-likeness (QED) is 0.403. The van der Waals surface area contributed by atoms with Crippen LogP contribution < -0.4 is 10.1 Å². The van der Waals surface area contributed by atoms with Crippen LogP contribution >= 0.6 is 0 Å². The molecule has 0 radical (unpaired) electrons. The fraction of sp³-hybridized carbons (Fsp3) is 0.0741. The van der Waals surface area contributed by atoms with Gasteiger partial charge in [0.2, 0.25) is 0 Å². The number of hydrogen-bond donors (Lipinski definition) is 1. The Morgan fingerprint density at radius 2 is 1.07 bits per heavy atom. The number of ether oxygens (including phenoxy) is 1. The first-order valence-electron chi connectivity index (χ1n) is 9.83. The third kappa shape index (κ3) is 6.64. The maximum absolute atomic E-state index is 11.8. The van der Waals surface area contributed by atoms with E-state index in [0.717, 1.165) is 22.7 Å². The fourth-order valence-corrected chi connectivity index (χ4v) is 2.66. The van der Waals surface area contributed by atoms with Crippen LogP contribution in [-0.4, -0.2) is 5.91 Å². The predicted octanol–water partition coefficient (Wildman–Crippen LogP) is 7.03. The van der Waals surface area contributed by atoms with Crippen molar-refractivity contribution in [2.75, 3.05) is 5.32 Å². The average Bonchev–Trinajstić information content (AvgIpc) is 2.78. The van der Waals surface area contributed by atoms with E-state index in [9.17, 15) is 4.79 Å². The first-order chi connectivity index (χ1) is 14.6. The van der Waals surface area contributed by atoms with E-state index in [1.807, 2.05) is 116 Å². The number of nitrogens with one attached hydrogen (secondary N) is 1. The van der Waals surface area contributed by atoms with E-state index < -0.39 is 0 Å². The largest absolute Gasteiger partial charge is 0.457 e. The normalized spacial score (nSPS) is 9.80. The molecule has 0 aliphatic carbocycles. The second-order valence-electron chi connectivity index (χ2n) is 6.91. The van der Waals surface area contributed by atoms with Crippen molar-refractivity contribution in [3.8, 4) is 11.5 Å². The highest BCUT2D eigenvalue weighted by Crippen LogP contribution is 2.20. The zero-order valence-electron chi connectivity index (χ0n) is 17.2. The molecule has 0 aliphatic rings. The van der Waals surface area contributed by atoms with Gasteiger partial charge in [-0.25, -0.2) is 0 Å². The van der Waals surface area contributed by atoms with Gasteiger partial charge in [-0.15, -0.1) is 0 Å². The lowest BCUT2D eigenvalue weighted by Gasteiger charge is -2.04. The average molecular weight is 396 g/mol. The first-order valence-corrected chi connectivity index (χ1v) is 9.83. The summed E-state index contributed by atoms with van der Waals surface area (Å²) in [7, 11) is 0. The number of para-hydroxylation sites is 2. The Labute approximate surface area is 178 Å². The highest BCUT2D eigenvalue weighted by Gasteiger charge is 2.04. The van der Waals surface area contributed by atoms with Crippen LogP contribution in [0.1, 0.15) is 21.5 Å². The Balaban J connectivity index is 0.000000172. The lowest BCUT2D eigenvalue weighted by atomic mass is 10.1. The van der Waals surface area contributed by atoms with Gasteiger partial charge in [0.05, 0.1) is 0 Å². The molecule has 30 heavy (non-hydrogen) atoms. The Morgan fingerprint density at radius 3 is 1.63 bits per heavy atom. The van der Waals surface area contributed by atoms with Gasteiger partial charge in [-0.1, -0.05) is 71.8 Å².